The van der Waals surface area contributed by atoms with E-state index in [9.17, 15) is 28.2 Å². The van der Waals surface area contributed by atoms with E-state index >= 15 is 0 Å². The van der Waals surface area contributed by atoms with Gasteiger partial charge >= 0.3 is 6.18 Å². The van der Waals surface area contributed by atoms with Crippen molar-refractivity contribution in [2.45, 2.75) is 37.1 Å². The highest BCUT2D eigenvalue weighted by molar-refractivity contribution is 6.01. The van der Waals surface area contributed by atoms with Crippen LogP contribution in [0.4, 0.5) is 13.2 Å². The molecule has 1 saturated carbocycles. The molecule has 0 radical (unpaired) electrons. The first kappa shape index (κ1) is 14.0. The van der Waals surface area contributed by atoms with Crippen molar-refractivity contribution < 1.29 is 28.2 Å². The highest BCUT2D eigenvalue weighted by Gasteiger charge is 2.42. The Bertz CT molecular complexity index is 484. The highest BCUT2D eigenvalue weighted by Crippen LogP contribution is 2.37. The molecule has 3 atom stereocenters. The van der Waals surface area contributed by atoms with Crippen LogP contribution in [0, 0.1) is 0 Å². The zero-order valence-electron chi connectivity index (χ0n) is 9.89. The molecule has 3 nitrogen and oxygen atoms in total. The monoisotopic (exact) mass is 274 g/mol. The Morgan fingerprint density at radius 3 is 2.32 bits per heavy atom. The fourth-order valence-electron chi connectivity index (χ4n) is 2.50. The van der Waals surface area contributed by atoms with Crippen LogP contribution in [0.3, 0.4) is 0 Å². The molecular weight excluding hydrogens is 261 g/mol. The van der Waals surface area contributed by atoms with E-state index < -0.39 is 35.6 Å². The van der Waals surface area contributed by atoms with Gasteiger partial charge < -0.3 is 10.2 Å². The van der Waals surface area contributed by atoms with Gasteiger partial charge in [0.1, 0.15) is 0 Å². The second-order valence-electron chi connectivity index (χ2n) is 4.71. The van der Waals surface area contributed by atoms with Gasteiger partial charge in [0.15, 0.2) is 0 Å². The molecule has 0 aromatic heterocycles. The number of aliphatic hydroxyl groups is 2. The first-order valence-corrected chi connectivity index (χ1v) is 5.87. The summed E-state index contributed by atoms with van der Waals surface area (Å²) in [5.41, 5.74) is -0.304. The van der Waals surface area contributed by atoms with Gasteiger partial charge in [-0.1, -0.05) is 24.3 Å². The van der Waals surface area contributed by atoms with Crippen molar-refractivity contribution in [1.29, 1.82) is 0 Å². The zero-order valence-corrected chi connectivity index (χ0v) is 9.89. The summed E-state index contributed by atoms with van der Waals surface area (Å²) in [4.78, 5) is 11.4. The van der Waals surface area contributed by atoms with Crippen LogP contribution in [0.15, 0.2) is 24.3 Å². The molecular formula is C13H13F3O3. The topological polar surface area (TPSA) is 57.5 Å². The summed E-state index contributed by atoms with van der Waals surface area (Å²) >= 11 is 0. The Morgan fingerprint density at radius 2 is 1.79 bits per heavy atom. The van der Waals surface area contributed by atoms with Gasteiger partial charge in [-0.05, 0) is 18.4 Å². The molecule has 0 amide bonds. The van der Waals surface area contributed by atoms with E-state index in [2.05, 4.69) is 0 Å². The van der Waals surface area contributed by atoms with Crippen molar-refractivity contribution in [2.24, 2.45) is 0 Å². The van der Waals surface area contributed by atoms with Crippen LogP contribution in [0.1, 0.15) is 34.7 Å². The van der Waals surface area contributed by atoms with Crippen molar-refractivity contribution in [1.82, 2.24) is 0 Å². The molecule has 1 aliphatic carbocycles. The molecule has 1 aromatic rings. The van der Waals surface area contributed by atoms with Crippen molar-refractivity contribution >= 4 is 5.78 Å². The molecule has 1 aliphatic rings. The number of Topliss-reactive ketones (excluding diaryl/α,β-unsaturated/α-hetero) is 1. The highest BCUT2D eigenvalue weighted by atomic mass is 19.4. The number of ketones is 1. The molecule has 2 rings (SSSR count). The number of aliphatic hydroxyl groups excluding tert-OH is 2. The maximum atomic E-state index is 12.5. The predicted octanol–water partition coefficient (Wildman–Crippen LogP) is 2.03. The van der Waals surface area contributed by atoms with E-state index in [1.54, 1.807) is 0 Å². The number of rotatable bonds is 2. The molecule has 0 spiro atoms. The zero-order chi connectivity index (χ0) is 14.2. The van der Waals surface area contributed by atoms with Crippen LogP contribution < -0.4 is 0 Å². The van der Waals surface area contributed by atoms with Crippen LogP contribution in [-0.2, 0) is 0 Å². The Morgan fingerprint density at radius 1 is 1.16 bits per heavy atom. The SMILES string of the molecule is O=C(c1ccccc1C1CC(O)CC1O)C(F)(F)F. The van der Waals surface area contributed by atoms with Crippen molar-refractivity contribution in [3.05, 3.63) is 35.4 Å². The minimum absolute atomic E-state index is 0.110. The van der Waals surface area contributed by atoms with Crippen molar-refractivity contribution in [3.8, 4) is 0 Å². The molecule has 19 heavy (non-hydrogen) atoms. The fraction of sp³-hybridized carbons (Fsp3) is 0.462. The van der Waals surface area contributed by atoms with Gasteiger partial charge in [0.25, 0.3) is 5.78 Å². The first-order chi connectivity index (χ1) is 8.80. The maximum absolute atomic E-state index is 12.5. The van der Waals surface area contributed by atoms with E-state index in [0.29, 0.717) is 0 Å². The van der Waals surface area contributed by atoms with Crippen LogP contribution in [0.2, 0.25) is 0 Å². The number of carbonyl (C=O) groups is 1. The number of hydrogen-bond acceptors (Lipinski definition) is 3. The third-order valence-corrected chi connectivity index (χ3v) is 3.37. The predicted molar refractivity (Wildman–Crippen MR) is 60.8 cm³/mol. The summed E-state index contributed by atoms with van der Waals surface area (Å²) in [6.07, 6.45) is -6.37. The summed E-state index contributed by atoms with van der Waals surface area (Å²) in [7, 11) is 0. The molecule has 6 heteroatoms. The normalized spacial score (nSPS) is 27.5. The number of benzene rings is 1. The van der Waals surface area contributed by atoms with Gasteiger partial charge in [0.05, 0.1) is 12.2 Å². The fourth-order valence-corrected chi connectivity index (χ4v) is 2.50. The third kappa shape index (κ3) is 2.79. The molecule has 1 fully saturated rings. The minimum Gasteiger partial charge on any atom is -0.393 e. The summed E-state index contributed by atoms with van der Waals surface area (Å²) in [6.45, 7) is 0. The van der Waals surface area contributed by atoms with Gasteiger partial charge in [-0.15, -0.1) is 0 Å². The number of carbonyl (C=O) groups excluding carboxylic acids is 1. The smallest absolute Gasteiger partial charge is 0.393 e. The van der Waals surface area contributed by atoms with E-state index in [1.165, 1.54) is 18.2 Å². The lowest BCUT2D eigenvalue weighted by molar-refractivity contribution is -0.0886. The third-order valence-electron chi connectivity index (χ3n) is 3.37. The Kier molecular flexibility index (Phi) is 3.64. The van der Waals surface area contributed by atoms with E-state index in [-0.39, 0.29) is 18.4 Å². The summed E-state index contributed by atoms with van der Waals surface area (Å²) in [6, 6.07) is 5.35. The minimum atomic E-state index is -4.95. The lowest BCUT2D eigenvalue weighted by Gasteiger charge is -2.18. The van der Waals surface area contributed by atoms with Gasteiger partial charge in [0, 0.05) is 11.5 Å². The number of hydrogen-bond donors (Lipinski definition) is 2. The molecule has 0 aliphatic heterocycles. The number of alkyl halides is 3. The van der Waals surface area contributed by atoms with Crippen molar-refractivity contribution in [3.63, 3.8) is 0 Å². The van der Waals surface area contributed by atoms with Crippen LogP contribution in [0.25, 0.3) is 0 Å². The quantitative estimate of drug-likeness (QED) is 0.811. The van der Waals surface area contributed by atoms with Gasteiger partial charge in [-0.3, -0.25) is 4.79 Å². The number of halogens is 3. The average molecular weight is 274 g/mol. The second-order valence-corrected chi connectivity index (χ2v) is 4.71. The van der Waals surface area contributed by atoms with Crippen LogP contribution >= 0.6 is 0 Å². The Labute approximate surface area is 107 Å². The van der Waals surface area contributed by atoms with E-state index in [1.807, 2.05) is 0 Å². The average Bonchev–Trinajstić information content (AvgIpc) is 2.66. The maximum Gasteiger partial charge on any atom is 0.454 e. The summed E-state index contributed by atoms with van der Waals surface area (Å²) < 4.78 is 37.5. The second kappa shape index (κ2) is 4.94. The lowest BCUT2D eigenvalue weighted by Crippen LogP contribution is -2.25. The molecule has 2 N–H and O–H groups in total. The molecule has 0 bridgehead atoms. The molecule has 0 saturated heterocycles. The lowest BCUT2D eigenvalue weighted by atomic mass is 9.89. The standard InChI is InChI=1S/C13H13F3O3/c14-13(15,16)12(19)9-4-2-1-3-8(9)10-5-7(17)6-11(10)18/h1-4,7,10-11,17-18H,5-6H2. The van der Waals surface area contributed by atoms with Crippen LogP contribution in [-0.4, -0.2) is 34.4 Å². The van der Waals surface area contributed by atoms with E-state index in [4.69, 9.17) is 0 Å². The molecule has 0 heterocycles. The first-order valence-electron chi connectivity index (χ1n) is 5.87. The van der Waals surface area contributed by atoms with Crippen molar-refractivity contribution in [2.75, 3.05) is 0 Å². The molecule has 3 unspecified atom stereocenters. The Hall–Kier alpha value is -1.40. The molecule has 1 aromatic carbocycles. The Balaban J connectivity index is 2.40. The van der Waals surface area contributed by atoms with Gasteiger partial charge in [-0.2, -0.15) is 13.2 Å². The van der Waals surface area contributed by atoms with E-state index in [0.717, 1.165) is 6.07 Å². The van der Waals surface area contributed by atoms with Gasteiger partial charge in [-0.25, -0.2) is 0 Å². The summed E-state index contributed by atoms with van der Waals surface area (Å²) in [5.74, 6) is -2.56. The van der Waals surface area contributed by atoms with Gasteiger partial charge in [0.2, 0.25) is 0 Å². The molecule has 104 valence electrons. The largest absolute Gasteiger partial charge is 0.454 e. The summed E-state index contributed by atoms with van der Waals surface area (Å²) in [5, 5.41) is 19.2. The van der Waals surface area contributed by atoms with Crippen LogP contribution in [0.5, 0.6) is 0 Å².